The summed E-state index contributed by atoms with van der Waals surface area (Å²) in [6.45, 7) is 2.75. The highest BCUT2D eigenvalue weighted by Crippen LogP contribution is 2.40. The summed E-state index contributed by atoms with van der Waals surface area (Å²) < 4.78 is 13.8. The Morgan fingerprint density at radius 3 is 2.81 bits per heavy atom. The van der Waals surface area contributed by atoms with Crippen molar-refractivity contribution >= 4 is 11.8 Å². The third-order valence-electron chi connectivity index (χ3n) is 2.94. The SMILES string of the molecule is CC(CCN)c1ccc(SC2CC2)c(F)c1. The van der Waals surface area contributed by atoms with Crippen molar-refractivity contribution in [3.8, 4) is 0 Å². The molecule has 0 aromatic heterocycles. The number of hydrogen-bond donors (Lipinski definition) is 1. The van der Waals surface area contributed by atoms with E-state index in [4.69, 9.17) is 5.73 Å². The fourth-order valence-electron chi connectivity index (χ4n) is 1.70. The lowest BCUT2D eigenvalue weighted by Gasteiger charge is -2.11. The molecule has 1 fully saturated rings. The summed E-state index contributed by atoms with van der Waals surface area (Å²) >= 11 is 1.67. The smallest absolute Gasteiger partial charge is 0.137 e. The molecule has 1 unspecified atom stereocenters. The molecule has 1 aromatic carbocycles. The first-order valence-corrected chi connectivity index (χ1v) is 6.75. The van der Waals surface area contributed by atoms with Gasteiger partial charge in [-0.2, -0.15) is 0 Å². The lowest BCUT2D eigenvalue weighted by Crippen LogP contribution is -2.04. The topological polar surface area (TPSA) is 26.0 Å². The van der Waals surface area contributed by atoms with Gasteiger partial charge in [0.2, 0.25) is 0 Å². The molecule has 2 rings (SSSR count). The summed E-state index contributed by atoms with van der Waals surface area (Å²) in [5, 5.41) is 0.654. The largest absolute Gasteiger partial charge is 0.330 e. The van der Waals surface area contributed by atoms with E-state index in [1.54, 1.807) is 17.8 Å². The van der Waals surface area contributed by atoms with Gasteiger partial charge in [0, 0.05) is 10.1 Å². The summed E-state index contributed by atoms with van der Waals surface area (Å²) in [6.07, 6.45) is 3.37. The Morgan fingerprint density at radius 1 is 1.50 bits per heavy atom. The molecule has 0 radical (unpaired) electrons. The predicted molar refractivity (Wildman–Crippen MR) is 67.4 cm³/mol. The van der Waals surface area contributed by atoms with E-state index in [0.29, 0.717) is 17.7 Å². The van der Waals surface area contributed by atoms with Crippen molar-refractivity contribution in [1.29, 1.82) is 0 Å². The van der Waals surface area contributed by atoms with Crippen LogP contribution in [0.4, 0.5) is 4.39 Å². The highest BCUT2D eigenvalue weighted by Gasteiger charge is 2.24. The first-order valence-electron chi connectivity index (χ1n) is 5.87. The third kappa shape index (κ3) is 2.98. The molecule has 1 saturated carbocycles. The minimum Gasteiger partial charge on any atom is -0.330 e. The van der Waals surface area contributed by atoms with E-state index >= 15 is 0 Å². The number of nitrogens with two attached hydrogens (primary N) is 1. The molecular formula is C13H18FNS. The molecule has 0 saturated heterocycles. The number of thioether (sulfide) groups is 1. The fraction of sp³-hybridized carbons (Fsp3) is 0.538. The minimum absolute atomic E-state index is 0.0710. The van der Waals surface area contributed by atoms with Gasteiger partial charge < -0.3 is 5.73 Å². The number of halogens is 1. The molecule has 0 amide bonds. The standard InChI is InChI=1S/C13H18FNS/c1-9(6-7-15)10-2-5-13(12(14)8-10)16-11-3-4-11/h2,5,8-9,11H,3-4,6-7,15H2,1H3. The van der Waals surface area contributed by atoms with Crippen LogP contribution in [0.1, 0.15) is 37.7 Å². The van der Waals surface area contributed by atoms with Crippen LogP contribution < -0.4 is 5.73 Å². The molecule has 0 bridgehead atoms. The van der Waals surface area contributed by atoms with Crippen LogP contribution in [0.25, 0.3) is 0 Å². The van der Waals surface area contributed by atoms with E-state index in [1.807, 2.05) is 12.1 Å². The Balaban J connectivity index is 2.08. The van der Waals surface area contributed by atoms with Gasteiger partial charge in [-0.25, -0.2) is 4.39 Å². The van der Waals surface area contributed by atoms with Crippen LogP contribution >= 0.6 is 11.8 Å². The van der Waals surface area contributed by atoms with E-state index in [-0.39, 0.29) is 5.82 Å². The van der Waals surface area contributed by atoms with Gasteiger partial charge in [-0.15, -0.1) is 11.8 Å². The van der Waals surface area contributed by atoms with E-state index in [0.717, 1.165) is 16.9 Å². The molecule has 1 aliphatic carbocycles. The van der Waals surface area contributed by atoms with Gasteiger partial charge in [-0.3, -0.25) is 0 Å². The van der Waals surface area contributed by atoms with Crippen molar-refractivity contribution in [2.45, 2.75) is 42.2 Å². The molecule has 0 heterocycles. The summed E-state index contributed by atoms with van der Waals surface area (Å²) in [6, 6.07) is 5.62. The maximum absolute atomic E-state index is 13.8. The van der Waals surface area contributed by atoms with E-state index < -0.39 is 0 Å². The number of rotatable bonds is 5. The van der Waals surface area contributed by atoms with Crippen LogP contribution in [0.3, 0.4) is 0 Å². The van der Waals surface area contributed by atoms with E-state index in [9.17, 15) is 4.39 Å². The zero-order valence-electron chi connectivity index (χ0n) is 9.58. The Kier molecular flexibility index (Phi) is 3.87. The molecule has 3 heteroatoms. The second kappa shape index (κ2) is 5.19. The predicted octanol–water partition coefficient (Wildman–Crippen LogP) is 3.53. The Morgan fingerprint density at radius 2 is 2.25 bits per heavy atom. The zero-order valence-corrected chi connectivity index (χ0v) is 10.4. The fourth-order valence-corrected chi connectivity index (χ4v) is 2.75. The van der Waals surface area contributed by atoms with Gasteiger partial charge in [0.15, 0.2) is 0 Å². The minimum atomic E-state index is -0.0710. The number of hydrogen-bond acceptors (Lipinski definition) is 2. The highest BCUT2D eigenvalue weighted by atomic mass is 32.2. The van der Waals surface area contributed by atoms with Gasteiger partial charge in [0.1, 0.15) is 5.82 Å². The summed E-state index contributed by atoms with van der Waals surface area (Å²) in [5.74, 6) is 0.276. The van der Waals surface area contributed by atoms with Crippen LogP contribution in [0, 0.1) is 5.82 Å². The molecule has 0 aliphatic heterocycles. The second-order valence-corrected chi connectivity index (χ2v) is 5.83. The maximum atomic E-state index is 13.8. The molecular weight excluding hydrogens is 221 g/mol. The van der Waals surface area contributed by atoms with Crippen molar-refractivity contribution in [3.05, 3.63) is 29.6 Å². The molecule has 1 nitrogen and oxygen atoms in total. The van der Waals surface area contributed by atoms with Crippen molar-refractivity contribution < 1.29 is 4.39 Å². The average molecular weight is 239 g/mol. The van der Waals surface area contributed by atoms with E-state index in [1.165, 1.54) is 12.8 Å². The van der Waals surface area contributed by atoms with Gasteiger partial charge in [-0.05, 0) is 49.4 Å². The van der Waals surface area contributed by atoms with E-state index in [2.05, 4.69) is 6.92 Å². The summed E-state index contributed by atoms with van der Waals surface area (Å²) in [5.41, 5.74) is 6.57. The summed E-state index contributed by atoms with van der Waals surface area (Å²) in [4.78, 5) is 0.797. The lowest BCUT2D eigenvalue weighted by molar-refractivity contribution is 0.592. The quantitative estimate of drug-likeness (QED) is 0.850. The van der Waals surface area contributed by atoms with Gasteiger partial charge >= 0.3 is 0 Å². The normalized spacial score (nSPS) is 17.4. The average Bonchev–Trinajstić information content (AvgIpc) is 3.05. The lowest BCUT2D eigenvalue weighted by atomic mass is 9.98. The molecule has 1 atom stereocenters. The van der Waals surface area contributed by atoms with Crippen LogP contribution in [-0.2, 0) is 0 Å². The summed E-state index contributed by atoms with van der Waals surface area (Å²) in [7, 11) is 0. The van der Waals surface area contributed by atoms with Gasteiger partial charge in [0.25, 0.3) is 0 Å². The van der Waals surface area contributed by atoms with Crippen LogP contribution in [0.15, 0.2) is 23.1 Å². The Hall–Kier alpha value is -0.540. The second-order valence-electron chi connectivity index (χ2n) is 4.49. The molecule has 0 spiro atoms. The van der Waals surface area contributed by atoms with Crippen LogP contribution in [0.2, 0.25) is 0 Å². The van der Waals surface area contributed by atoms with Crippen molar-refractivity contribution in [1.82, 2.24) is 0 Å². The first kappa shape index (κ1) is 11.9. The molecule has 1 aromatic rings. The zero-order chi connectivity index (χ0) is 11.5. The van der Waals surface area contributed by atoms with Crippen LogP contribution in [0.5, 0.6) is 0 Å². The van der Waals surface area contributed by atoms with Gasteiger partial charge in [0.05, 0.1) is 0 Å². The number of benzene rings is 1. The Labute approximate surface area is 101 Å². The van der Waals surface area contributed by atoms with Crippen LogP contribution in [-0.4, -0.2) is 11.8 Å². The van der Waals surface area contributed by atoms with Crippen molar-refractivity contribution in [3.63, 3.8) is 0 Å². The van der Waals surface area contributed by atoms with Crippen molar-refractivity contribution in [2.75, 3.05) is 6.54 Å². The third-order valence-corrected chi connectivity index (χ3v) is 4.33. The molecule has 1 aliphatic rings. The molecule has 88 valence electrons. The highest BCUT2D eigenvalue weighted by molar-refractivity contribution is 8.00. The monoisotopic (exact) mass is 239 g/mol. The maximum Gasteiger partial charge on any atom is 0.137 e. The molecule has 2 N–H and O–H groups in total. The first-order chi connectivity index (χ1) is 7.70. The molecule has 16 heavy (non-hydrogen) atoms. The van der Waals surface area contributed by atoms with Gasteiger partial charge in [-0.1, -0.05) is 13.0 Å². The van der Waals surface area contributed by atoms with Crippen molar-refractivity contribution in [2.24, 2.45) is 5.73 Å². The Bertz CT molecular complexity index is 363.